The summed E-state index contributed by atoms with van der Waals surface area (Å²) in [6, 6.07) is 15.2. The fourth-order valence-corrected chi connectivity index (χ4v) is 3.69. The Morgan fingerprint density at radius 1 is 1.03 bits per heavy atom. The number of rotatable bonds is 8. The number of ether oxygens (including phenoxy) is 1. The number of carbonyl (C=O) groups is 2. The average molecular weight is 414 g/mol. The zero-order valence-corrected chi connectivity index (χ0v) is 17.3. The lowest BCUT2D eigenvalue weighted by molar-refractivity contribution is -0.159. The van der Waals surface area contributed by atoms with Gasteiger partial charge < -0.3 is 19.8 Å². The van der Waals surface area contributed by atoms with Crippen LogP contribution in [-0.2, 0) is 14.3 Å². The normalized spacial score (nSPS) is 15.1. The highest BCUT2D eigenvalue weighted by molar-refractivity contribution is 6.27. The summed E-state index contributed by atoms with van der Waals surface area (Å²) in [6.45, 7) is 9.09. The van der Waals surface area contributed by atoms with Crippen LogP contribution in [-0.4, -0.2) is 59.9 Å². The van der Waals surface area contributed by atoms with Crippen LogP contribution in [0.25, 0.3) is 10.8 Å². The Labute approximate surface area is 177 Å². The molecular weight excluding hydrogens is 382 g/mol. The van der Waals surface area contributed by atoms with E-state index in [2.05, 4.69) is 53.9 Å². The summed E-state index contributed by atoms with van der Waals surface area (Å²) in [6.07, 6.45) is 7.04. The van der Waals surface area contributed by atoms with Gasteiger partial charge in [-0.3, -0.25) is 0 Å². The third-order valence-corrected chi connectivity index (χ3v) is 5.22. The molecule has 0 aromatic heterocycles. The summed E-state index contributed by atoms with van der Waals surface area (Å²) in [5, 5.41) is 17.4. The molecule has 1 unspecified atom stereocenters. The van der Waals surface area contributed by atoms with Gasteiger partial charge in [-0.15, -0.1) is 6.58 Å². The van der Waals surface area contributed by atoms with E-state index in [1.54, 1.807) is 0 Å². The Kier molecular flexibility index (Phi) is 10.0. The number of likely N-dealkylation sites (tertiary alicyclic amines) is 1. The summed E-state index contributed by atoms with van der Waals surface area (Å²) in [5.74, 6) is -3.26. The fraction of sp³-hybridized carbons (Fsp3) is 0.417. The van der Waals surface area contributed by atoms with E-state index in [0.717, 1.165) is 26.2 Å². The molecule has 0 amide bonds. The summed E-state index contributed by atoms with van der Waals surface area (Å²) in [7, 11) is 0. The van der Waals surface area contributed by atoms with Crippen LogP contribution in [0, 0.1) is 0 Å². The maximum Gasteiger partial charge on any atom is 0.414 e. The summed E-state index contributed by atoms with van der Waals surface area (Å²) in [4.78, 5) is 20.7. The molecule has 1 fully saturated rings. The van der Waals surface area contributed by atoms with Crippen LogP contribution in [0.1, 0.15) is 37.2 Å². The maximum atomic E-state index is 9.10. The zero-order valence-electron chi connectivity index (χ0n) is 17.3. The SMILES string of the molecule is C=CCC(COCCN1CCCCC1)c1cccc2ccccc12.O=C(O)C(=O)O. The molecule has 2 aromatic carbocycles. The molecule has 1 atom stereocenters. The van der Waals surface area contributed by atoms with Crippen molar-refractivity contribution < 1.29 is 24.5 Å². The van der Waals surface area contributed by atoms with Gasteiger partial charge in [-0.05, 0) is 48.7 Å². The van der Waals surface area contributed by atoms with Gasteiger partial charge in [0.2, 0.25) is 0 Å². The topological polar surface area (TPSA) is 87.1 Å². The Morgan fingerprint density at radius 2 is 1.70 bits per heavy atom. The van der Waals surface area contributed by atoms with E-state index >= 15 is 0 Å². The standard InChI is InChI=1S/C22H29NO.C2H2O4/c1-2-9-20(18-24-17-16-23-14-6-3-7-15-23)22-13-8-11-19-10-4-5-12-21(19)22;3-1(4)2(5)6/h2,4-5,8,10-13,20H,1,3,6-7,9,14-18H2;(H,3,4)(H,5,6). The van der Waals surface area contributed by atoms with Gasteiger partial charge in [0.25, 0.3) is 0 Å². The van der Waals surface area contributed by atoms with Gasteiger partial charge in [-0.25, -0.2) is 9.59 Å². The second-order valence-electron chi connectivity index (χ2n) is 7.38. The van der Waals surface area contributed by atoms with E-state index < -0.39 is 11.9 Å². The van der Waals surface area contributed by atoms with Crippen molar-refractivity contribution >= 4 is 22.7 Å². The minimum Gasteiger partial charge on any atom is -0.473 e. The molecule has 1 heterocycles. The molecule has 1 aliphatic rings. The van der Waals surface area contributed by atoms with E-state index in [1.165, 1.54) is 48.7 Å². The van der Waals surface area contributed by atoms with Crippen LogP contribution in [0.3, 0.4) is 0 Å². The van der Waals surface area contributed by atoms with Crippen molar-refractivity contribution in [2.24, 2.45) is 0 Å². The lowest BCUT2D eigenvalue weighted by atomic mass is 9.91. The Morgan fingerprint density at radius 3 is 2.37 bits per heavy atom. The van der Waals surface area contributed by atoms with E-state index in [4.69, 9.17) is 24.5 Å². The number of hydrogen-bond acceptors (Lipinski definition) is 4. The smallest absolute Gasteiger partial charge is 0.414 e. The van der Waals surface area contributed by atoms with Crippen molar-refractivity contribution in [3.05, 3.63) is 60.7 Å². The highest BCUT2D eigenvalue weighted by atomic mass is 16.5. The van der Waals surface area contributed by atoms with Crippen LogP contribution in [0.2, 0.25) is 0 Å². The number of carboxylic acid groups (broad SMARTS) is 2. The molecule has 3 rings (SSSR count). The van der Waals surface area contributed by atoms with Crippen molar-refractivity contribution in [3.8, 4) is 0 Å². The largest absolute Gasteiger partial charge is 0.473 e. The molecule has 0 spiro atoms. The van der Waals surface area contributed by atoms with Gasteiger partial charge in [0.1, 0.15) is 0 Å². The molecule has 1 saturated heterocycles. The average Bonchev–Trinajstić information content (AvgIpc) is 2.76. The molecule has 0 aliphatic carbocycles. The van der Waals surface area contributed by atoms with E-state index in [0.29, 0.717) is 5.92 Å². The van der Waals surface area contributed by atoms with Crippen LogP contribution in [0.4, 0.5) is 0 Å². The Bertz CT molecular complexity index is 812. The monoisotopic (exact) mass is 413 g/mol. The van der Waals surface area contributed by atoms with E-state index in [-0.39, 0.29) is 0 Å². The van der Waals surface area contributed by atoms with Gasteiger partial charge >= 0.3 is 11.9 Å². The molecule has 30 heavy (non-hydrogen) atoms. The second-order valence-corrected chi connectivity index (χ2v) is 7.38. The number of aliphatic carboxylic acids is 2. The number of carboxylic acids is 2. The third-order valence-electron chi connectivity index (χ3n) is 5.22. The van der Waals surface area contributed by atoms with Crippen molar-refractivity contribution in [2.45, 2.75) is 31.6 Å². The number of allylic oxidation sites excluding steroid dienone is 1. The van der Waals surface area contributed by atoms with Crippen LogP contribution in [0.5, 0.6) is 0 Å². The molecule has 2 N–H and O–H groups in total. The summed E-state index contributed by atoms with van der Waals surface area (Å²) < 4.78 is 6.06. The predicted molar refractivity (Wildman–Crippen MR) is 118 cm³/mol. The first-order chi connectivity index (χ1) is 14.5. The highest BCUT2D eigenvalue weighted by Crippen LogP contribution is 2.28. The van der Waals surface area contributed by atoms with Gasteiger partial charge in [0, 0.05) is 12.5 Å². The molecule has 6 nitrogen and oxygen atoms in total. The molecule has 162 valence electrons. The lowest BCUT2D eigenvalue weighted by Crippen LogP contribution is -2.32. The zero-order chi connectivity index (χ0) is 21.8. The second kappa shape index (κ2) is 12.8. The fourth-order valence-electron chi connectivity index (χ4n) is 3.69. The van der Waals surface area contributed by atoms with E-state index in [1.807, 2.05) is 6.08 Å². The van der Waals surface area contributed by atoms with Crippen molar-refractivity contribution in [2.75, 3.05) is 32.8 Å². The van der Waals surface area contributed by atoms with Gasteiger partial charge in [0.15, 0.2) is 0 Å². The van der Waals surface area contributed by atoms with Crippen molar-refractivity contribution in [3.63, 3.8) is 0 Å². The van der Waals surface area contributed by atoms with Gasteiger partial charge in [-0.2, -0.15) is 0 Å². The van der Waals surface area contributed by atoms with Crippen molar-refractivity contribution in [1.29, 1.82) is 0 Å². The predicted octanol–water partition coefficient (Wildman–Crippen LogP) is 4.16. The van der Waals surface area contributed by atoms with Crippen LogP contribution < -0.4 is 0 Å². The molecular formula is C24H31NO5. The molecule has 0 bridgehead atoms. The number of hydrogen-bond donors (Lipinski definition) is 2. The lowest BCUT2D eigenvalue weighted by Gasteiger charge is -2.26. The molecule has 0 radical (unpaired) electrons. The number of fused-ring (bicyclic) bond motifs is 1. The first-order valence-corrected chi connectivity index (χ1v) is 10.4. The van der Waals surface area contributed by atoms with Crippen LogP contribution in [0.15, 0.2) is 55.1 Å². The highest BCUT2D eigenvalue weighted by Gasteiger charge is 2.14. The first kappa shape index (κ1) is 23.6. The van der Waals surface area contributed by atoms with Crippen LogP contribution >= 0.6 is 0 Å². The molecule has 2 aromatic rings. The third kappa shape index (κ3) is 7.61. The van der Waals surface area contributed by atoms with Gasteiger partial charge in [0.05, 0.1) is 13.2 Å². The Balaban J connectivity index is 0.000000469. The Hall–Kier alpha value is -2.70. The maximum absolute atomic E-state index is 9.10. The van der Waals surface area contributed by atoms with Crippen molar-refractivity contribution in [1.82, 2.24) is 4.90 Å². The quantitative estimate of drug-likeness (QED) is 0.384. The minimum absolute atomic E-state index is 0.384. The number of benzene rings is 2. The van der Waals surface area contributed by atoms with E-state index in [9.17, 15) is 0 Å². The van der Waals surface area contributed by atoms with Gasteiger partial charge in [-0.1, -0.05) is 55.0 Å². The summed E-state index contributed by atoms with van der Waals surface area (Å²) >= 11 is 0. The number of nitrogens with zero attached hydrogens (tertiary/aromatic N) is 1. The first-order valence-electron chi connectivity index (χ1n) is 10.4. The summed E-state index contributed by atoms with van der Waals surface area (Å²) in [5.41, 5.74) is 1.38. The molecule has 6 heteroatoms. The minimum atomic E-state index is -1.82. The number of piperidine rings is 1. The molecule has 0 saturated carbocycles. The molecule has 1 aliphatic heterocycles.